The number of fused-ring (bicyclic) bond motifs is 2. The number of benzene rings is 1. The number of alkyl halides is 1. The molecule has 2 heterocycles. The molecule has 1 aromatic rings. The van der Waals surface area contributed by atoms with E-state index in [1.165, 1.54) is 0 Å². The first-order valence-electron chi connectivity index (χ1n) is 6.15. The number of amides is 1. The van der Waals surface area contributed by atoms with Crippen molar-refractivity contribution in [1.29, 1.82) is 0 Å². The average molecular weight is 391 g/mol. The summed E-state index contributed by atoms with van der Waals surface area (Å²) in [5, 5.41) is 0.858. The number of halogens is 2. The van der Waals surface area contributed by atoms with Crippen molar-refractivity contribution >= 4 is 43.5 Å². The molecule has 19 heavy (non-hydrogen) atoms. The SMILES string of the molecule is O=C1N(CCCBr)c2ccc(Br)cc2C12OCCO2. The Hall–Kier alpha value is -0.430. The van der Waals surface area contributed by atoms with Gasteiger partial charge in [0, 0.05) is 21.9 Å². The summed E-state index contributed by atoms with van der Waals surface area (Å²) in [6.45, 7) is 1.56. The molecule has 1 fully saturated rings. The molecule has 0 unspecified atom stereocenters. The van der Waals surface area contributed by atoms with Crippen LogP contribution in [0.1, 0.15) is 12.0 Å². The molecule has 0 aliphatic carbocycles. The summed E-state index contributed by atoms with van der Waals surface area (Å²) in [5.74, 6) is -1.33. The van der Waals surface area contributed by atoms with Crippen LogP contribution in [-0.4, -0.2) is 31.0 Å². The van der Waals surface area contributed by atoms with Crippen molar-refractivity contribution in [1.82, 2.24) is 0 Å². The fraction of sp³-hybridized carbons (Fsp3) is 0.462. The molecule has 1 spiro atoms. The van der Waals surface area contributed by atoms with Gasteiger partial charge in [0.15, 0.2) is 0 Å². The largest absolute Gasteiger partial charge is 0.336 e. The molecule has 0 saturated carbocycles. The molecule has 0 N–H and O–H groups in total. The summed E-state index contributed by atoms with van der Waals surface area (Å²) >= 11 is 6.83. The predicted molar refractivity (Wildman–Crippen MR) is 78.5 cm³/mol. The summed E-state index contributed by atoms with van der Waals surface area (Å²) in [6.07, 6.45) is 0.886. The van der Waals surface area contributed by atoms with Gasteiger partial charge in [0.2, 0.25) is 0 Å². The van der Waals surface area contributed by atoms with E-state index >= 15 is 0 Å². The Labute approximate surface area is 128 Å². The van der Waals surface area contributed by atoms with Gasteiger partial charge in [0.25, 0.3) is 11.7 Å². The molecule has 102 valence electrons. The third-order valence-corrected chi connectivity index (χ3v) is 4.39. The Balaban J connectivity index is 2.06. The van der Waals surface area contributed by atoms with Gasteiger partial charge < -0.3 is 14.4 Å². The van der Waals surface area contributed by atoms with Gasteiger partial charge in [-0.2, -0.15) is 0 Å². The molecule has 3 rings (SSSR count). The lowest BCUT2D eigenvalue weighted by Crippen LogP contribution is -2.41. The van der Waals surface area contributed by atoms with Gasteiger partial charge in [-0.05, 0) is 24.6 Å². The van der Waals surface area contributed by atoms with E-state index in [0.29, 0.717) is 19.8 Å². The van der Waals surface area contributed by atoms with Gasteiger partial charge >= 0.3 is 0 Å². The molecule has 2 aliphatic heterocycles. The van der Waals surface area contributed by atoms with Gasteiger partial charge in [-0.3, -0.25) is 4.79 Å². The smallest absolute Gasteiger partial charge is 0.292 e. The highest BCUT2D eigenvalue weighted by atomic mass is 79.9. The third kappa shape index (κ3) is 2.05. The Morgan fingerprint density at radius 3 is 2.74 bits per heavy atom. The van der Waals surface area contributed by atoms with Crippen LogP contribution in [-0.2, 0) is 20.1 Å². The van der Waals surface area contributed by atoms with Crippen molar-refractivity contribution in [2.75, 3.05) is 30.0 Å². The monoisotopic (exact) mass is 389 g/mol. The summed E-state index contributed by atoms with van der Waals surface area (Å²) in [4.78, 5) is 14.4. The van der Waals surface area contributed by atoms with Crippen LogP contribution in [0.15, 0.2) is 22.7 Å². The van der Waals surface area contributed by atoms with Crippen LogP contribution in [0, 0.1) is 0 Å². The second kappa shape index (κ2) is 5.16. The van der Waals surface area contributed by atoms with E-state index in [4.69, 9.17) is 9.47 Å². The molecule has 6 heteroatoms. The molecule has 1 saturated heterocycles. The topological polar surface area (TPSA) is 38.8 Å². The summed E-state index contributed by atoms with van der Waals surface area (Å²) < 4.78 is 12.2. The minimum Gasteiger partial charge on any atom is -0.336 e. The van der Waals surface area contributed by atoms with Crippen LogP contribution in [0.25, 0.3) is 0 Å². The van der Waals surface area contributed by atoms with Crippen LogP contribution < -0.4 is 4.90 Å². The number of nitrogens with zero attached hydrogens (tertiary/aromatic N) is 1. The number of hydrogen-bond acceptors (Lipinski definition) is 3. The molecule has 0 radical (unpaired) electrons. The van der Waals surface area contributed by atoms with Crippen molar-refractivity contribution in [3.63, 3.8) is 0 Å². The van der Waals surface area contributed by atoms with Gasteiger partial charge in [-0.1, -0.05) is 31.9 Å². The highest BCUT2D eigenvalue weighted by Crippen LogP contribution is 2.46. The minimum absolute atomic E-state index is 0.112. The van der Waals surface area contributed by atoms with Gasteiger partial charge in [0.05, 0.1) is 18.9 Å². The quantitative estimate of drug-likeness (QED) is 0.745. The molecule has 4 nitrogen and oxygen atoms in total. The van der Waals surface area contributed by atoms with Crippen molar-refractivity contribution in [3.8, 4) is 0 Å². The number of ether oxygens (including phenoxy) is 2. The zero-order valence-corrected chi connectivity index (χ0v) is 13.4. The maximum absolute atomic E-state index is 12.6. The summed E-state index contributed by atoms with van der Waals surface area (Å²) in [5.41, 5.74) is 1.69. The maximum atomic E-state index is 12.6. The lowest BCUT2D eigenvalue weighted by atomic mass is 10.1. The minimum atomic E-state index is -1.22. The van der Waals surface area contributed by atoms with E-state index in [0.717, 1.165) is 27.5 Å². The van der Waals surface area contributed by atoms with E-state index in [9.17, 15) is 4.79 Å². The predicted octanol–water partition coefficient (Wildman–Crippen LogP) is 2.78. The normalized spacial score (nSPS) is 20.3. The average Bonchev–Trinajstić information content (AvgIpc) is 2.97. The molecule has 1 amide bonds. The van der Waals surface area contributed by atoms with Crippen LogP contribution in [0.5, 0.6) is 0 Å². The highest BCUT2D eigenvalue weighted by Gasteiger charge is 2.55. The zero-order chi connectivity index (χ0) is 13.5. The molecule has 0 bridgehead atoms. The Morgan fingerprint density at radius 2 is 2.05 bits per heavy atom. The van der Waals surface area contributed by atoms with Gasteiger partial charge in [-0.15, -0.1) is 0 Å². The summed E-state index contributed by atoms with van der Waals surface area (Å²) in [7, 11) is 0. The molecular formula is C13H13Br2NO3. The maximum Gasteiger partial charge on any atom is 0.292 e. The van der Waals surface area contributed by atoms with Crippen molar-refractivity contribution in [3.05, 3.63) is 28.2 Å². The lowest BCUT2D eigenvalue weighted by Gasteiger charge is -2.21. The first-order valence-corrected chi connectivity index (χ1v) is 8.06. The molecule has 0 aromatic heterocycles. The second-order valence-corrected chi connectivity index (χ2v) is 6.18. The standard InChI is InChI=1S/C13H13Br2NO3/c14-4-1-5-16-11-3-2-9(15)8-10(11)13(12(16)17)18-6-7-19-13/h2-3,8H,1,4-7H2. The molecule has 1 aromatic carbocycles. The van der Waals surface area contributed by atoms with E-state index in [1.807, 2.05) is 18.2 Å². The van der Waals surface area contributed by atoms with Crippen molar-refractivity contribution in [2.24, 2.45) is 0 Å². The number of hydrogen-bond donors (Lipinski definition) is 0. The van der Waals surface area contributed by atoms with Crippen LogP contribution in [0.3, 0.4) is 0 Å². The van der Waals surface area contributed by atoms with Crippen molar-refractivity contribution < 1.29 is 14.3 Å². The zero-order valence-electron chi connectivity index (χ0n) is 10.2. The summed E-state index contributed by atoms with van der Waals surface area (Å²) in [6, 6.07) is 5.78. The Kier molecular flexibility index (Phi) is 3.68. The molecule has 2 aliphatic rings. The van der Waals surface area contributed by atoms with E-state index < -0.39 is 5.79 Å². The van der Waals surface area contributed by atoms with E-state index in [2.05, 4.69) is 31.9 Å². The highest BCUT2D eigenvalue weighted by molar-refractivity contribution is 9.10. The van der Waals surface area contributed by atoms with Crippen molar-refractivity contribution in [2.45, 2.75) is 12.2 Å². The Morgan fingerprint density at radius 1 is 1.32 bits per heavy atom. The number of rotatable bonds is 3. The Bertz CT molecular complexity index is 515. The molecular weight excluding hydrogens is 378 g/mol. The van der Waals surface area contributed by atoms with E-state index in [-0.39, 0.29) is 5.91 Å². The fourth-order valence-electron chi connectivity index (χ4n) is 2.54. The molecule has 0 atom stereocenters. The van der Waals surface area contributed by atoms with Crippen LogP contribution >= 0.6 is 31.9 Å². The number of carbonyl (C=O) groups excluding carboxylic acids is 1. The fourth-order valence-corrected chi connectivity index (χ4v) is 3.15. The van der Waals surface area contributed by atoms with Crippen LogP contribution in [0.4, 0.5) is 5.69 Å². The second-order valence-electron chi connectivity index (χ2n) is 4.47. The first kappa shape index (κ1) is 13.5. The van der Waals surface area contributed by atoms with E-state index in [1.54, 1.807) is 4.90 Å². The van der Waals surface area contributed by atoms with Gasteiger partial charge in [-0.25, -0.2) is 0 Å². The third-order valence-electron chi connectivity index (χ3n) is 3.34. The van der Waals surface area contributed by atoms with Crippen LogP contribution in [0.2, 0.25) is 0 Å². The number of carbonyl (C=O) groups is 1. The lowest BCUT2D eigenvalue weighted by molar-refractivity contribution is -0.180. The first-order chi connectivity index (χ1) is 9.19. The van der Waals surface area contributed by atoms with Gasteiger partial charge in [0.1, 0.15) is 0 Å². The number of anilines is 1.